The predicted molar refractivity (Wildman–Crippen MR) is 98.1 cm³/mol. The van der Waals surface area contributed by atoms with Gasteiger partial charge in [0.1, 0.15) is 0 Å². The summed E-state index contributed by atoms with van der Waals surface area (Å²) in [6.45, 7) is 6.76. The van der Waals surface area contributed by atoms with Crippen LogP contribution >= 0.6 is 0 Å². The van der Waals surface area contributed by atoms with Crippen LogP contribution in [0.15, 0.2) is 23.0 Å². The quantitative estimate of drug-likeness (QED) is 0.840. The first-order valence-corrected chi connectivity index (χ1v) is 9.56. The molecular formula is C19H24N6O3. The molecule has 9 heteroatoms. The van der Waals surface area contributed by atoms with Crippen molar-refractivity contribution < 1.29 is 14.1 Å². The molecule has 148 valence electrons. The largest absolute Gasteiger partial charge is 0.347 e. The molecule has 2 amide bonds. The molecule has 1 N–H and O–H groups in total. The molecule has 0 spiro atoms. The molecule has 1 saturated heterocycles. The summed E-state index contributed by atoms with van der Waals surface area (Å²) in [6, 6.07) is 1.61. The standard InChI is InChI=1S/C19H24N6O3/c1-11(2)17(27)25-9-13-7-14(23-16(26)15-20-5-4-6-21-15)8-19(13,10-25)18-22-12(3)24-28-18/h4-6,11,13-14H,7-10H2,1-3H3,(H,23,26)/t13-,14+,19-/m0/s1. The number of likely N-dealkylation sites (tertiary alicyclic amines) is 1. The Kier molecular flexibility index (Phi) is 4.60. The number of carbonyl (C=O) groups excluding carboxylic acids is 2. The minimum absolute atomic E-state index is 0.0639. The van der Waals surface area contributed by atoms with Gasteiger partial charge >= 0.3 is 0 Å². The molecule has 1 aliphatic heterocycles. The highest BCUT2D eigenvalue weighted by molar-refractivity contribution is 5.90. The normalized spacial score (nSPS) is 26.5. The van der Waals surface area contributed by atoms with Gasteiger partial charge in [-0.05, 0) is 31.7 Å². The van der Waals surface area contributed by atoms with Crippen LogP contribution < -0.4 is 5.32 Å². The molecule has 9 nitrogen and oxygen atoms in total. The van der Waals surface area contributed by atoms with Crippen LogP contribution in [0.1, 0.15) is 49.0 Å². The zero-order valence-corrected chi connectivity index (χ0v) is 16.3. The molecule has 4 rings (SSSR count). The van der Waals surface area contributed by atoms with E-state index >= 15 is 0 Å². The molecule has 0 aromatic carbocycles. The number of carbonyl (C=O) groups is 2. The summed E-state index contributed by atoms with van der Waals surface area (Å²) >= 11 is 0. The fourth-order valence-corrected chi connectivity index (χ4v) is 4.51. The first-order chi connectivity index (χ1) is 13.4. The Bertz CT molecular complexity index is 883. The molecule has 0 radical (unpaired) electrons. The van der Waals surface area contributed by atoms with Gasteiger partial charge in [0.2, 0.25) is 17.6 Å². The first kappa shape index (κ1) is 18.5. The summed E-state index contributed by atoms with van der Waals surface area (Å²) in [5.41, 5.74) is -0.429. The van der Waals surface area contributed by atoms with E-state index in [4.69, 9.17) is 4.52 Å². The molecule has 1 saturated carbocycles. The Hall–Kier alpha value is -2.84. The molecule has 2 aromatic heterocycles. The highest BCUT2D eigenvalue weighted by Crippen LogP contribution is 2.50. The van der Waals surface area contributed by atoms with E-state index in [9.17, 15) is 9.59 Å². The van der Waals surface area contributed by atoms with Crippen molar-refractivity contribution in [3.05, 3.63) is 36.0 Å². The second kappa shape index (κ2) is 6.96. The van der Waals surface area contributed by atoms with Gasteiger partial charge in [-0.3, -0.25) is 9.59 Å². The summed E-state index contributed by atoms with van der Waals surface area (Å²) < 4.78 is 5.54. The van der Waals surface area contributed by atoms with Gasteiger partial charge in [0.05, 0.1) is 5.41 Å². The van der Waals surface area contributed by atoms with Gasteiger partial charge in [0.15, 0.2) is 5.82 Å². The summed E-state index contributed by atoms with van der Waals surface area (Å²) in [6.07, 6.45) is 4.47. The molecule has 28 heavy (non-hydrogen) atoms. The topological polar surface area (TPSA) is 114 Å². The number of nitrogens with zero attached hydrogens (tertiary/aromatic N) is 5. The van der Waals surface area contributed by atoms with E-state index in [0.717, 1.165) is 6.42 Å². The Morgan fingerprint density at radius 1 is 1.32 bits per heavy atom. The van der Waals surface area contributed by atoms with Crippen molar-refractivity contribution in [3.8, 4) is 0 Å². The van der Waals surface area contributed by atoms with Gasteiger partial charge in [0, 0.05) is 37.4 Å². The van der Waals surface area contributed by atoms with Crippen molar-refractivity contribution in [2.75, 3.05) is 13.1 Å². The van der Waals surface area contributed by atoms with Crippen molar-refractivity contribution in [1.82, 2.24) is 30.3 Å². The second-order valence-corrected chi connectivity index (χ2v) is 8.06. The molecule has 0 unspecified atom stereocenters. The van der Waals surface area contributed by atoms with E-state index in [1.165, 1.54) is 0 Å². The summed E-state index contributed by atoms with van der Waals surface area (Å²) in [5, 5.41) is 6.99. The zero-order chi connectivity index (χ0) is 19.9. The summed E-state index contributed by atoms with van der Waals surface area (Å²) in [5.74, 6) is 1.20. The van der Waals surface area contributed by atoms with Crippen LogP contribution in [0.5, 0.6) is 0 Å². The number of hydrogen-bond donors (Lipinski definition) is 1. The van der Waals surface area contributed by atoms with E-state index in [0.29, 0.717) is 31.2 Å². The number of aromatic nitrogens is 4. The maximum atomic E-state index is 12.6. The third kappa shape index (κ3) is 3.14. The van der Waals surface area contributed by atoms with Crippen LogP contribution in [-0.4, -0.2) is 56.0 Å². The minimum atomic E-state index is -0.429. The number of hydrogen-bond acceptors (Lipinski definition) is 7. The lowest BCUT2D eigenvalue weighted by Crippen LogP contribution is -2.40. The average Bonchev–Trinajstić information content (AvgIpc) is 3.34. The van der Waals surface area contributed by atoms with Gasteiger partial charge in [-0.1, -0.05) is 19.0 Å². The van der Waals surface area contributed by atoms with Crippen molar-refractivity contribution >= 4 is 11.8 Å². The van der Waals surface area contributed by atoms with Gasteiger partial charge in [-0.2, -0.15) is 4.98 Å². The van der Waals surface area contributed by atoms with Crippen LogP contribution in [0.3, 0.4) is 0 Å². The smallest absolute Gasteiger partial charge is 0.289 e. The Balaban J connectivity index is 1.56. The lowest BCUT2D eigenvalue weighted by atomic mass is 9.80. The van der Waals surface area contributed by atoms with Gasteiger partial charge in [-0.25, -0.2) is 9.97 Å². The number of aryl methyl sites for hydroxylation is 1. The second-order valence-electron chi connectivity index (χ2n) is 8.06. The van der Waals surface area contributed by atoms with Crippen LogP contribution in [0.4, 0.5) is 0 Å². The Labute approximate surface area is 162 Å². The van der Waals surface area contributed by atoms with Crippen molar-refractivity contribution in [3.63, 3.8) is 0 Å². The summed E-state index contributed by atoms with van der Waals surface area (Å²) in [4.78, 5) is 39.4. The fraction of sp³-hybridized carbons (Fsp3) is 0.579. The fourth-order valence-electron chi connectivity index (χ4n) is 4.51. The van der Waals surface area contributed by atoms with E-state index in [1.807, 2.05) is 18.7 Å². The molecule has 2 aromatic rings. The number of nitrogens with one attached hydrogen (secondary N) is 1. The van der Waals surface area contributed by atoms with Crippen LogP contribution in [0, 0.1) is 18.8 Å². The highest BCUT2D eigenvalue weighted by atomic mass is 16.5. The lowest BCUT2D eigenvalue weighted by Gasteiger charge is -2.26. The van der Waals surface area contributed by atoms with Gasteiger partial charge in [-0.15, -0.1) is 0 Å². The molecule has 2 aliphatic rings. The number of amides is 2. The molecule has 1 aliphatic carbocycles. The first-order valence-electron chi connectivity index (χ1n) is 9.56. The summed E-state index contributed by atoms with van der Waals surface area (Å²) in [7, 11) is 0. The predicted octanol–water partition coefficient (Wildman–Crippen LogP) is 1.11. The molecule has 2 fully saturated rings. The SMILES string of the molecule is Cc1noc([C@]23C[C@H](NC(=O)c4ncccn4)C[C@H]2CN(C(=O)C(C)C)C3)n1. The maximum Gasteiger partial charge on any atom is 0.289 e. The maximum absolute atomic E-state index is 12.6. The number of rotatable bonds is 4. The minimum Gasteiger partial charge on any atom is -0.347 e. The van der Waals surface area contributed by atoms with Crippen LogP contribution in [-0.2, 0) is 10.2 Å². The molecule has 3 atom stereocenters. The highest BCUT2D eigenvalue weighted by Gasteiger charge is 2.58. The molecular weight excluding hydrogens is 360 g/mol. The van der Waals surface area contributed by atoms with Crippen molar-refractivity contribution in [2.45, 2.75) is 45.1 Å². The van der Waals surface area contributed by atoms with Crippen LogP contribution in [0.25, 0.3) is 0 Å². The van der Waals surface area contributed by atoms with Crippen LogP contribution in [0.2, 0.25) is 0 Å². The average molecular weight is 384 g/mol. The number of fused-ring (bicyclic) bond motifs is 1. The molecule has 3 heterocycles. The third-order valence-electron chi connectivity index (χ3n) is 5.74. The third-order valence-corrected chi connectivity index (χ3v) is 5.74. The lowest BCUT2D eigenvalue weighted by molar-refractivity contribution is -0.133. The van der Waals surface area contributed by atoms with Gasteiger partial charge < -0.3 is 14.7 Å². The monoisotopic (exact) mass is 384 g/mol. The van der Waals surface area contributed by atoms with Gasteiger partial charge in [0.25, 0.3) is 5.91 Å². The Morgan fingerprint density at radius 2 is 2.07 bits per heavy atom. The van der Waals surface area contributed by atoms with E-state index < -0.39 is 5.41 Å². The Morgan fingerprint density at radius 3 is 2.71 bits per heavy atom. The van der Waals surface area contributed by atoms with Crippen molar-refractivity contribution in [2.24, 2.45) is 11.8 Å². The van der Waals surface area contributed by atoms with Crippen molar-refractivity contribution in [1.29, 1.82) is 0 Å². The zero-order valence-electron chi connectivity index (χ0n) is 16.3. The van der Waals surface area contributed by atoms with E-state index in [1.54, 1.807) is 25.4 Å². The van der Waals surface area contributed by atoms with E-state index in [-0.39, 0.29) is 35.5 Å². The van der Waals surface area contributed by atoms with E-state index in [2.05, 4.69) is 25.4 Å². The molecule has 0 bridgehead atoms.